The molecule has 0 radical (unpaired) electrons. The van der Waals surface area contributed by atoms with Crippen LogP contribution in [0, 0.1) is 0 Å². The van der Waals surface area contributed by atoms with Crippen molar-refractivity contribution in [3.8, 4) is 0 Å². The number of carbonyl (C=O) groups is 1. The molecule has 0 N–H and O–H groups in total. The Kier molecular flexibility index (Phi) is 5.59. The number of rotatable bonds is 6. The summed E-state index contributed by atoms with van der Waals surface area (Å²) >= 11 is 5.11. The van der Waals surface area contributed by atoms with Crippen LogP contribution in [0.4, 0.5) is 4.79 Å². The number of benzene rings is 2. The van der Waals surface area contributed by atoms with Crippen molar-refractivity contribution in [3.05, 3.63) is 71.8 Å². The van der Waals surface area contributed by atoms with Gasteiger partial charge in [-0.25, -0.2) is 4.79 Å². The Morgan fingerprint density at radius 3 is 1.85 bits per heavy atom. The molecule has 0 atom stereocenters. The highest BCUT2D eigenvalue weighted by Gasteiger charge is 2.14. The summed E-state index contributed by atoms with van der Waals surface area (Å²) in [4.78, 5) is 10.5. The number of carbonyl (C=O) groups excluding carboxylic acids is 1. The average molecular weight is 291 g/mol. The van der Waals surface area contributed by atoms with Crippen molar-refractivity contribution in [1.82, 2.24) is 0 Å². The molecule has 3 nitrogen and oxygen atoms in total. The topological polar surface area (TPSA) is 35.5 Å². The summed E-state index contributed by atoms with van der Waals surface area (Å²) < 4.78 is 10.5. The molecule has 0 saturated carbocycles. The van der Waals surface area contributed by atoms with Crippen molar-refractivity contribution in [2.45, 2.75) is 6.10 Å². The van der Waals surface area contributed by atoms with Gasteiger partial charge in [-0.1, -0.05) is 60.7 Å². The first-order valence-electron chi connectivity index (χ1n) is 6.31. The van der Waals surface area contributed by atoms with Crippen LogP contribution in [0.15, 0.2) is 60.7 Å². The van der Waals surface area contributed by atoms with Crippen LogP contribution < -0.4 is 0 Å². The van der Waals surface area contributed by atoms with Gasteiger partial charge in [0.1, 0.15) is 12.7 Å². The molecule has 2 rings (SSSR count). The molecular weight excluding hydrogens is 276 g/mol. The Hall–Kier alpha value is -1.84. The standard InChI is InChI=1S/C16H15ClO3/c17-16(18)20-12-11-19-15(13-7-3-1-4-8-13)14-9-5-2-6-10-14/h1-10,15H,11-12H2. The first-order valence-corrected chi connectivity index (χ1v) is 6.69. The third-order valence-electron chi connectivity index (χ3n) is 2.79. The maximum atomic E-state index is 10.5. The third kappa shape index (κ3) is 4.37. The fraction of sp³-hybridized carbons (Fsp3) is 0.188. The van der Waals surface area contributed by atoms with Gasteiger partial charge in [0.25, 0.3) is 0 Å². The Bertz CT molecular complexity index is 488. The molecule has 0 spiro atoms. The van der Waals surface area contributed by atoms with E-state index in [0.29, 0.717) is 0 Å². The van der Waals surface area contributed by atoms with Crippen LogP contribution in [0.3, 0.4) is 0 Å². The van der Waals surface area contributed by atoms with E-state index in [4.69, 9.17) is 16.3 Å². The quantitative estimate of drug-likeness (QED) is 0.592. The van der Waals surface area contributed by atoms with Gasteiger partial charge in [0.15, 0.2) is 0 Å². The van der Waals surface area contributed by atoms with Gasteiger partial charge in [0, 0.05) is 11.6 Å². The van der Waals surface area contributed by atoms with E-state index in [0.717, 1.165) is 11.1 Å². The monoisotopic (exact) mass is 290 g/mol. The maximum Gasteiger partial charge on any atom is 0.403 e. The van der Waals surface area contributed by atoms with E-state index in [9.17, 15) is 4.79 Å². The minimum Gasteiger partial charge on any atom is -0.451 e. The second kappa shape index (κ2) is 7.68. The minimum absolute atomic E-state index is 0.137. The average Bonchev–Trinajstić information content (AvgIpc) is 2.49. The fourth-order valence-corrected chi connectivity index (χ4v) is 2.01. The van der Waals surface area contributed by atoms with Crippen molar-refractivity contribution >= 4 is 17.0 Å². The van der Waals surface area contributed by atoms with Crippen molar-refractivity contribution in [1.29, 1.82) is 0 Å². The molecule has 0 aliphatic carbocycles. The molecule has 2 aromatic carbocycles. The molecule has 0 aliphatic heterocycles. The highest BCUT2D eigenvalue weighted by atomic mass is 35.5. The van der Waals surface area contributed by atoms with Gasteiger partial charge in [-0.15, -0.1) is 0 Å². The lowest BCUT2D eigenvalue weighted by molar-refractivity contribution is 0.0456. The summed E-state index contributed by atoms with van der Waals surface area (Å²) in [6.45, 7) is 0.422. The molecule has 4 heteroatoms. The maximum absolute atomic E-state index is 10.5. The fourth-order valence-electron chi connectivity index (χ4n) is 1.93. The van der Waals surface area contributed by atoms with Crippen molar-refractivity contribution < 1.29 is 14.3 Å². The molecule has 0 aliphatic rings. The SMILES string of the molecule is O=C(Cl)OCCOC(c1ccccc1)c1ccccc1. The Morgan fingerprint density at radius 1 is 0.900 bits per heavy atom. The van der Waals surface area contributed by atoms with Gasteiger partial charge < -0.3 is 9.47 Å². The Balaban J connectivity index is 2.07. The van der Waals surface area contributed by atoms with E-state index < -0.39 is 5.43 Å². The first kappa shape index (κ1) is 14.6. The molecule has 2 aromatic rings. The zero-order valence-electron chi connectivity index (χ0n) is 10.9. The van der Waals surface area contributed by atoms with E-state index >= 15 is 0 Å². The van der Waals surface area contributed by atoms with E-state index in [2.05, 4.69) is 4.74 Å². The largest absolute Gasteiger partial charge is 0.451 e. The molecule has 0 heterocycles. The van der Waals surface area contributed by atoms with Crippen molar-refractivity contribution in [2.75, 3.05) is 13.2 Å². The summed E-state index contributed by atoms with van der Waals surface area (Å²) in [6.07, 6.45) is -0.188. The van der Waals surface area contributed by atoms with Crippen molar-refractivity contribution in [3.63, 3.8) is 0 Å². The molecule has 20 heavy (non-hydrogen) atoms. The highest BCUT2D eigenvalue weighted by molar-refractivity contribution is 6.61. The second-order valence-electron chi connectivity index (χ2n) is 4.16. The summed E-state index contributed by atoms with van der Waals surface area (Å²) in [7, 11) is 0. The van der Waals surface area contributed by atoms with Crippen molar-refractivity contribution in [2.24, 2.45) is 0 Å². The molecule has 0 amide bonds. The minimum atomic E-state index is -0.815. The van der Waals surface area contributed by atoms with Crippen LogP contribution in [0.5, 0.6) is 0 Å². The molecular formula is C16H15ClO3. The first-order chi connectivity index (χ1) is 9.77. The molecule has 0 saturated heterocycles. The second-order valence-corrected chi connectivity index (χ2v) is 4.47. The lowest BCUT2D eigenvalue weighted by Crippen LogP contribution is -2.11. The van der Waals surface area contributed by atoms with Gasteiger partial charge in [-0.05, 0) is 11.1 Å². The zero-order valence-corrected chi connectivity index (χ0v) is 11.6. The van der Waals surface area contributed by atoms with Crippen LogP contribution in [0.25, 0.3) is 0 Å². The number of ether oxygens (including phenoxy) is 2. The lowest BCUT2D eigenvalue weighted by atomic mass is 10.0. The summed E-state index contributed by atoms with van der Waals surface area (Å²) in [5, 5.41) is 0. The van der Waals surface area contributed by atoms with E-state index in [1.807, 2.05) is 60.7 Å². The number of hydrogen-bond acceptors (Lipinski definition) is 3. The Morgan fingerprint density at radius 2 is 1.40 bits per heavy atom. The third-order valence-corrected chi connectivity index (χ3v) is 2.90. The summed E-state index contributed by atoms with van der Waals surface area (Å²) in [5.41, 5.74) is 1.29. The normalized spacial score (nSPS) is 10.5. The summed E-state index contributed by atoms with van der Waals surface area (Å²) in [5.74, 6) is 0. The predicted octanol–water partition coefficient (Wildman–Crippen LogP) is 4.17. The molecule has 0 bridgehead atoms. The molecule has 104 valence electrons. The highest BCUT2D eigenvalue weighted by Crippen LogP contribution is 2.25. The molecule has 0 unspecified atom stereocenters. The smallest absolute Gasteiger partial charge is 0.403 e. The Labute approximate surface area is 123 Å². The van der Waals surface area contributed by atoms with E-state index in [1.165, 1.54) is 0 Å². The molecule has 0 fully saturated rings. The zero-order chi connectivity index (χ0) is 14.2. The van der Waals surface area contributed by atoms with Crippen LogP contribution in [-0.4, -0.2) is 18.6 Å². The number of halogens is 1. The number of hydrogen-bond donors (Lipinski definition) is 0. The van der Waals surface area contributed by atoms with Crippen LogP contribution >= 0.6 is 11.6 Å². The molecule has 0 aromatic heterocycles. The lowest BCUT2D eigenvalue weighted by Gasteiger charge is -2.18. The van der Waals surface area contributed by atoms with Gasteiger partial charge >= 0.3 is 5.43 Å². The van der Waals surface area contributed by atoms with Gasteiger partial charge in [-0.2, -0.15) is 0 Å². The van der Waals surface area contributed by atoms with Gasteiger partial charge in [0.2, 0.25) is 0 Å². The van der Waals surface area contributed by atoms with E-state index in [-0.39, 0.29) is 19.3 Å². The summed E-state index contributed by atoms with van der Waals surface area (Å²) in [6, 6.07) is 19.8. The van der Waals surface area contributed by atoms with Crippen LogP contribution in [0.2, 0.25) is 0 Å². The van der Waals surface area contributed by atoms with Gasteiger partial charge in [-0.3, -0.25) is 0 Å². The van der Waals surface area contributed by atoms with Crippen LogP contribution in [0.1, 0.15) is 17.2 Å². The van der Waals surface area contributed by atoms with Gasteiger partial charge in [0.05, 0.1) is 6.61 Å². The predicted molar refractivity (Wildman–Crippen MR) is 77.9 cm³/mol. The van der Waals surface area contributed by atoms with Crippen LogP contribution in [-0.2, 0) is 9.47 Å². The van der Waals surface area contributed by atoms with E-state index in [1.54, 1.807) is 0 Å².